The van der Waals surface area contributed by atoms with E-state index in [1.54, 1.807) is 19.1 Å². The molecule has 8 heteroatoms. The molecule has 4 nitrogen and oxygen atoms in total. The Hall–Kier alpha value is -1.86. The smallest absolute Gasteiger partial charge is 0.341 e. The number of benzene rings is 1. The highest BCUT2D eigenvalue weighted by Gasteiger charge is 2.26. The van der Waals surface area contributed by atoms with Crippen LogP contribution in [0.1, 0.15) is 32.5 Å². The summed E-state index contributed by atoms with van der Waals surface area (Å²) in [5, 5.41) is 5.86. The number of rotatable bonds is 5. The quantitative estimate of drug-likeness (QED) is 0.460. The fraction of sp³-hybridized carbons (Fsp3) is 0.158. The highest BCUT2D eigenvalue weighted by molar-refractivity contribution is 7.18. The summed E-state index contributed by atoms with van der Waals surface area (Å²) in [4.78, 5) is 27.1. The summed E-state index contributed by atoms with van der Waals surface area (Å²) < 4.78 is 5.23. The number of nitrogens with one attached hydrogen (secondary N) is 1. The van der Waals surface area contributed by atoms with E-state index in [2.05, 4.69) is 5.32 Å². The summed E-state index contributed by atoms with van der Waals surface area (Å²) in [6.07, 6.45) is 0. The van der Waals surface area contributed by atoms with Crippen LogP contribution < -0.4 is 5.32 Å². The van der Waals surface area contributed by atoms with Gasteiger partial charge in [0.1, 0.15) is 10.6 Å². The lowest BCUT2D eigenvalue weighted by Gasteiger charge is -2.08. The molecule has 27 heavy (non-hydrogen) atoms. The zero-order valence-corrected chi connectivity index (χ0v) is 17.6. The number of hydrogen-bond acceptors (Lipinski definition) is 5. The molecule has 1 N–H and O–H groups in total. The maximum atomic E-state index is 12.7. The molecule has 1 aromatic carbocycles. The Kier molecular flexibility index (Phi) is 6.22. The number of halogens is 2. The molecule has 0 atom stereocenters. The Morgan fingerprint density at radius 3 is 2.59 bits per heavy atom. The molecule has 140 valence electrons. The van der Waals surface area contributed by atoms with Crippen LogP contribution >= 0.6 is 45.9 Å². The number of hydrogen-bond donors (Lipinski definition) is 1. The minimum atomic E-state index is -0.463. The number of anilines is 1. The van der Waals surface area contributed by atoms with Crippen LogP contribution in [0.15, 0.2) is 35.7 Å². The first-order chi connectivity index (χ1) is 12.9. The van der Waals surface area contributed by atoms with Crippen LogP contribution in [0, 0.1) is 6.92 Å². The molecule has 3 rings (SSSR count). The van der Waals surface area contributed by atoms with E-state index in [0.29, 0.717) is 21.2 Å². The summed E-state index contributed by atoms with van der Waals surface area (Å²) >= 11 is 14.8. The van der Waals surface area contributed by atoms with E-state index < -0.39 is 5.97 Å². The Labute approximate surface area is 174 Å². The summed E-state index contributed by atoms with van der Waals surface area (Å²) in [7, 11) is 0. The van der Waals surface area contributed by atoms with Gasteiger partial charge in [-0.3, -0.25) is 4.79 Å². The number of thiophene rings is 2. The minimum absolute atomic E-state index is 0.248. The highest BCUT2D eigenvalue weighted by Crippen LogP contribution is 2.42. The maximum absolute atomic E-state index is 12.7. The van der Waals surface area contributed by atoms with Gasteiger partial charge in [-0.25, -0.2) is 4.79 Å². The molecule has 0 spiro atoms. The van der Waals surface area contributed by atoms with Crippen LogP contribution in [-0.2, 0) is 4.74 Å². The number of amides is 1. The van der Waals surface area contributed by atoms with Crippen LogP contribution in [0.3, 0.4) is 0 Å². The molecule has 0 bridgehead atoms. The number of esters is 1. The number of aryl methyl sites for hydroxylation is 1. The van der Waals surface area contributed by atoms with Gasteiger partial charge in [0.25, 0.3) is 5.91 Å². The molecule has 0 aliphatic heterocycles. The molecular weight excluding hydrogens is 425 g/mol. The van der Waals surface area contributed by atoms with Gasteiger partial charge in [0.05, 0.1) is 16.7 Å². The molecule has 0 fully saturated rings. The zero-order chi connectivity index (χ0) is 19.6. The van der Waals surface area contributed by atoms with Crippen LogP contribution in [0.5, 0.6) is 0 Å². The second-order valence-electron chi connectivity index (χ2n) is 5.52. The number of ether oxygens (including phenoxy) is 1. The van der Waals surface area contributed by atoms with Crippen molar-refractivity contribution in [2.45, 2.75) is 13.8 Å². The molecular formula is C19H15Cl2NO3S2. The summed E-state index contributed by atoms with van der Waals surface area (Å²) in [5.74, 6) is -0.840. The maximum Gasteiger partial charge on any atom is 0.341 e. The first kappa shape index (κ1) is 19.9. The zero-order valence-electron chi connectivity index (χ0n) is 14.5. The van der Waals surface area contributed by atoms with Gasteiger partial charge in [0, 0.05) is 20.9 Å². The summed E-state index contributed by atoms with van der Waals surface area (Å²) in [6, 6.07) is 8.48. The van der Waals surface area contributed by atoms with E-state index >= 15 is 0 Å². The summed E-state index contributed by atoms with van der Waals surface area (Å²) in [6.45, 7) is 3.91. The van der Waals surface area contributed by atoms with E-state index in [9.17, 15) is 9.59 Å². The molecule has 0 saturated carbocycles. The predicted octanol–water partition coefficient (Wildman–Crippen LogP) is 6.52. The van der Waals surface area contributed by atoms with Crippen LogP contribution in [0.4, 0.5) is 5.00 Å². The van der Waals surface area contributed by atoms with Crippen molar-refractivity contribution in [1.82, 2.24) is 0 Å². The first-order valence-electron chi connectivity index (χ1n) is 8.03. The molecule has 0 unspecified atom stereocenters. The van der Waals surface area contributed by atoms with Crippen LogP contribution in [0.2, 0.25) is 10.0 Å². The topological polar surface area (TPSA) is 55.4 Å². The van der Waals surface area contributed by atoms with Crippen molar-refractivity contribution in [1.29, 1.82) is 0 Å². The normalized spacial score (nSPS) is 10.7. The highest BCUT2D eigenvalue weighted by atomic mass is 35.5. The third-order valence-electron chi connectivity index (χ3n) is 3.74. The van der Waals surface area contributed by atoms with E-state index in [0.717, 1.165) is 15.3 Å². The van der Waals surface area contributed by atoms with E-state index in [1.165, 1.54) is 28.7 Å². The Balaban J connectivity index is 2.02. The van der Waals surface area contributed by atoms with Gasteiger partial charge in [-0.05, 0) is 43.5 Å². The van der Waals surface area contributed by atoms with Crippen LogP contribution in [-0.4, -0.2) is 18.5 Å². The second kappa shape index (κ2) is 8.44. The van der Waals surface area contributed by atoms with Gasteiger partial charge in [0.15, 0.2) is 0 Å². The third kappa shape index (κ3) is 4.19. The van der Waals surface area contributed by atoms with Gasteiger partial charge < -0.3 is 10.1 Å². The lowest BCUT2D eigenvalue weighted by atomic mass is 10.1. The average molecular weight is 440 g/mol. The third-order valence-corrected chi connectivity index (χ3v) is 6.39. The second-order valence-corrected chi connectivity index (χ2v) is 8.50. The molecule has 0 aliphatic carbocycles. The van der Waals surface area contributed by atoms with Crippen molar-refractivity contribution in [2.75, 3.05) is 11.9 Å². The van der Waals surface area contributed by atoms with Crippen molar-refractivity contribution in [2.24, 2.45) is 0 Å². The molecule has 2 heterocycles. The van der Waals surface area contributed by atoms with Crippen molar-refractivity contribution < 1.29 is 14.3 Å². The Morgan fingerprint density at radius 1 is 1.19 bits per heavy atom. The molecule has 0 radical (unpaired) electrons. The molecule has 3 aromatic rings. The fourth-order valence-corrected chi connectivity index (χ4v) is 4.81. The molecule has 0 aliphatic rings. The van der Waals surface area contributed by atoms with Crippen molar-refractivity contribution in [3.63, 3.8) is 0 Å². The SMILES string of the molecule is CCOC(=O)c1c(NC(=O)c2ccc(Cl)c(Cl)c2)sc(C)c1-c1cccs1. The summed E-state index contributed by atoms with van der Waals surface area (Å²) in [5.41, 5.74) is 1.51. The van der Waals surface area contributed by atoms with Crippen molar-refractivity contribution in [3.8, 4) is 10.4 Å². The molecule has 0 saturated heterocycles. The number of carbonyl (C=O) groups is 2. The van der Waals surface area contributed by atoms with Gasteiger partial charge in [-0.15, -0.1) is 22.7 Å². The monoisotopic (exact) mass is 439 g/mol. The average Bonchev–Trinajstić information content (AvgIpc) is 3.25. The van der Waals surface area contributed by atoms with Gasteiger partial charge in [0.2, 0.25) is 0 Å². The first-order valence-corrected chi connectivity index (χ1v) is 10.5. The van der Waals surface area contributed by atoms with E-state index in [4.69, 9.17) is 27.9 Å². The van der Waals surface area contributed by atoms with Gasteiger partial charge >= 0.3 is 5.97 Å². The predicted molar refractivity (Wildman–Crippen MR) is 113 cm³/mol. The minimum Gasteiger partial charge on any atom is -0.462 e. The van der Waals surface area contributed by atoms with Crippen LogP contribution in [0.25, 0.3) is 10.4 Å². The fourth-order valence-electron chi connectivity index (χ4n) is 2.56. The lowest BCUT2D eigenvalue weighted by molar-refractivity contribution is 0.0529. The number of carbonyl (C=O) groups excluding carboxylic acids is 2. The van der Waals surface area contributed by atoms with Gasteiger partial charge in [-0.2, -0.15) is 0 Å². The van der Waals surface area contributed by atoms with E-state index in [-0.39, 0.29) is 17.5 Å². The Morgan fingerprint density at radius 2 is 1.96 bits per heavy atom. The van der Waals surface area contributed by atoms with E-state index in [1.807, 2.05) is 24.4 Å². The molecule has 1 amide bonds. The standard InChI is InChI=1S/C19H15Cl2NO3S2/c1-3-25-19(24)16-15(14-5-4-8-26-14)10(2)27-18(16)22-17(23)11-6-7-12(20)13(21)9-11/h4-9H,3H2,1-2H3,(H,22,23). The lowest BCUT2D eigenvalue weighted by Crippen LogP contribution is -2.14. The Bertz CT molecular complexity index is 997. The van der Waals surface area contributed by atoms with Crippen molar-refractivity contribution >= 4 is 62.8 Å². The van der Waals surface area contributed by atoms with Crippen molar-refractivity contribution in [3.05, 3.63) is 61.8 Å². The molecule has 2 aromatic heterocycles. The largest absolute Gasteiger partial charge is 0.462 e. The van der Waals surface area contributed by atoms with Gasteiger partial charge in [-0.1, -0.05) is 29.3 Å².